The van der Waals surface area contributed by atoms with Crippen LogP contribution in [-0.2, 0) is 20.9 Å². The predicted octanol–water partition coefficient (Wildman–Crippen LogP) is 2.12. The fourth-order valence-electron chi connectivity index (χ4n) is 2.83. The van der Waals surface area contributed by atoms with Crippen LogP contribution in [-0.4, -0.2) is 25.2 Å². The highest BCUT2D eigenvalue weighted by atomic mass is 16.5. The number of benzene rings is 1. The van der Waals surface area contributed by atoms with Crippen molar-refractivity contribution in [2.45, 2.75) is 32.4 Å². The fraction of sp³-hybridized carbons (Fsp3) is 0.562. The molecule has 0 bridgehead atoms. The zero-order chi connectivity index (χ0) is 14.8. The molecule has 2 unspecified atom stereocenters. The van der Waals surface area contributed by atoms with Crippen LogP contribution >= 0.6 is 0 Å². The van der Waals surface area contributed by atoms with E-state index in [2.05, 4.69) is 0 Å². The summed E-state index contributed by atoms with van der Waals surface area (Å²) >= 11 is 0. The zero-order valence-electron chi connectivity index (χ0n) is 12.4. The third-order valence-corrected chi connectivity index (χ3v) is 4.72. The van der Waals surface area contributed by atoms with Crippen LogP contribution < -0.4 is 5.73 Å². The minimum Gasteiger partial charge on any atom is -0.468 e. The molecule has 0 aromatic heterocycles. The smallest absolute Gasteiger partial charge is 0.326 e. The molecule has 1 fully saturated rings. The molecular formula is C16H23NO3. The van der Waals surface area contributed by atoms with Gasteiger partial charge in [0.15, 0.2) is 0 Å². The summed E-state index contributed by atoms with van der Waals surface area (Å²) in [4.78, 5) is 11.8. The first-order valence-electron chi connectivity index (χ1n) is 6.91. The Bertz CT molecular complexity index is 472. The van der Waals surface area contributed by atoms with Crippen molar-refractivity contribution in [3.05, 3.63) is 35.9 Å². The molecule has 1 aliphatic carbocycles. The van der Waals surface area contributed by atoms with Gasteiger partial charge in [-0.2, -0.15) is 0 Å². The fourth-order valence-corrected chi connectivity index (χ4v) is 2.83. The molecule has 4 nitrogen and oxygen atoms in total. The molecule has 2 N–H and O–H groups in total. The summed E-state index contributed by atoms with van der Waals surface area (Å²) in [7, 11) is 1.38. The first-order chi connectivity index (χ1) is 9.41. The normalized spacial score (nSPS) is 27.7. The van der Waals surface area contributed by atoms with E-state index in [9.17, 15) is 4.79 Å². The summed E-state index contributed by atoms with van der Waals surface area (Å²) in [6, 6.07) is 10.0. The molecule has 0 heterocycles. The molecule has 0 aliphatic heterocycles. The Morgan fingerprint density at radius 2 is 2.00 bits per heavy atom. The van der Waals surface area contributed by atoms with E-state index in [1.807, 2.05) is 44.2 Å². The molecule has 4 heteroatoms. The van der Waals surface area contributed by atoms with Crippen molar-refractivity contribution >= 4 is 5.97 Å². The number of carbonyl (C=O) groups excluding carboxylic acids is 1. The highest BCUT2D eigenvalue weighted by Gasteiger charge is 2.62. The minimum atomic E-state index is -0.886. The monoisotopic (exact) mass is 277 g/mol. The van der Waals surface area contributed by atoms with E-state index in [4.69, 9.17) is 15.2 Å². The quantitative estimate of drug-likeness (QED) is 0.837. The van der Waals surface area contributed by atoms with E-state index < -0.39 is 5.54 Å². The van der Waals surface area contributed by atoms with Crippen molar-refractivity contribution in [3.8, 4) is 0 Å². The van der Waals surface area contributed by atoms with Gasteiger partial charge in [-0.25, -0.2) is 0 Å². The lowest BCUT2D eigenvalue weighted by Gasteiger charge is -2.57. The molecule has 110 valence electrons. The van der Waals surface area contributed by atoms with Gasteiger partial charge < -0.3 is 15.2 Å². The van der Waals surface area contributed by atoms with Crippen molar-refractivity contribution in [3.63, 3.8) is 0 Å². The number of nitrogens with two attached hydrogens (primary N) is 1. The van der Waals surface area contributed by atoms with Crippen LogP contribution in [0, 0.1) is 11.3 Å². The van der Waals surface area contributed by atoms with Crippen molar-refractivity contribution in [2.75, 3.05) is 13.7 Å². The SMILES string of the molecule is COC(=O)C1(N)CC(COCc2ccccc2)C1(C)C. The molecule has 0 amide bonds. The van der Waals surface area contributed by atoms with E-state index in [-0.39, 0.29) is 17.3 Å². The molecule has 1 saturated carbocycles. The first kappa shape index (κ1) is 15.0. The third kappa shape index (κ3) is 2.45. The van der Waals surface area contributed by atoms with Gasteiger partial charge >= 0.3 is 5.97 Å². The Kier molecular flexibility index (Phi) is 4.16. The number of methoxy groups -OCH3 is 1. The molecular weight excluding hydrogens is 254 g/mol. The summed E-state index contributed by atoms with van der Waals surface area (Å²) in [5.41, 5.74) is 6.13. The Hall–Kier alpha value is -1.39. The van der Waals surface area contributed by atoms with Crippen LogP contribution in [0.3, 0.4) is 0 Å². The lowest BCUT2D eigenvalue weighted by atomic mass is 9.50. The average Bonchev–Trinajstić information content (AvgIpc) is 2.46. The van der Waals surface area contributed by atoms with Gasteiger partial charge in [-0.1, -0.05) is 44.2 Å². The number of carbonyl (C=O) groups is 1. The highest BCUT2D eigenvalue weighted by molar-refractivity contribution is 5.83. The van der Waals surface area contributed by atoms with E-state index in [1.165, 1.54) is 7.11 Å². The second-order valence-corrected chi connectivity index (χ2v) is 6.09. The molecule has 1 aromatic rings. The maximum atomic E-state index is 11.8. The first-order valence-corrected chi connectivity index (χ1v) is 6.91. The van der Waals surface area contributed by atoms with Crippen molar-refractivity contribution in [1.29, 1.82) is 0 Å². The second-order valence-electron chi connectivity index (χ2n) is 6.09. The maximum absolute atomic E-state index is 11.8. The summed E-state index contributed by atoms with van der Waals surface area (Å²) in [6.07, 6.45) is 0.613. The Balaban J connectivity index is 1.86. The summed E-state index contributed by atoms with van der Waals surface area (Å²) in [5.74, 6) is -0.0582. The van der Waals surface area contributed by atoms with Crippen molar-refractivity contribution in [2.24, 2.45) is 17.1 Å². The average molecular weight is 277 g/mol. The lowest BCUT2D eigenvalue weighted by molar-refractivity contribution is -0.172. The van der Waals surface area contributed by atoms with E-state index >= 15 is 0 Å². The zero-order valence-corrected chi connectivity index (χ0v) is 12.4. The van der Waals surface area contributed by atoms with Gasteiger partial charge in [0.25, 0.3) is 0 Å². The van der Waals surface area contributed by atoms with Gasteiger partial charge in [0.2, 0.25) is 0 Å². The Morgan fingerprint density at radius 1 is 1.35 bits per heavy atom. The summed E-state index contributed by atoms with van der Waals surface area (Å²) in [6.45, 7) is 5.20. The lowest BCUT2D eigenvalue weighted by Crippen LogP contribution is -2.71. The van der Waals surface area contributed by atoms with E-state index in [0.29, 0.717) is 19.6 Å². The van der Waals surface area contributed by atoms with Crippen LogP contribution in [0.5, 0.6) is 0 Å². The molecule has 1 aromatic carbocycles. The van der Waals surface area contributed by atoms with Crippen LogP contribution in [0.4, 0.5) is 0 Å². The van der Waals surface area contributed by atoms with Gasteiger partial charge in [-0.3, -0.25) is 4.79 Å². The van der Waals surface area contributed by atoms with Gasteiger partial charge in [-0.05, 0) is 23.3 Å². The van der Waals surface area contributed by atoms with Crippen molar-refractivity contribution in [1.82, 2.24) is 0 Å². The molecule has 0 spiro atoms. The second kappa shape index (κ2) is 5.54. The largest absolute Gasteiger partial charge is 0.468 e. The minimum absolute atomic E-state index is 0.273. The standard InChI is InChI=1S/C16H23NO3/c1-15(2)13(9-16(15,17)14(18)19-3)11-20-10-12-7-5-4-6-8-12/h4-8,13H,9-11,17H2,1-3H3. The molecule has 0 radical (unpaired) electrons. The van der Waals surface area contributed by atoms with Crippen LogP contribution in [0.2, 0.25) is 0 Å². The number of hydrogen-bond acceptors (Lipinski definition) is 4. The Labute approximate surface area is 120 Å². The van der Waals surface area contributed by atoms with Gasteiger partial charge in [0.05, 0.1) is 20.3 Å². The molecule has 0 saturated heterocycles. The van der Waals surface area contributed by atoms with Crippen LogP contribution in [0.25, 0.3) is 0 Å². The van der Waals surface area contributed by atoms with Crippen LogP contribution in [0.15, 0.2) is 30.3 Å². The van der Waals surface area contributed by atoms with Gasteiger partial charge in [0.1, 0.15) is 5.54 Å². The summed E-state index contributed by atoms with van der Waals surface area (Å²) < 4.78 is 10.6. The molecule has 2 rings (SSSR count). The molecule has 2 atom stereocenters. The molecule has 1 aliphatic rings. The topological polar surface area (TPSA) is 61.5 Å². The molecule has 20 heavy (non-hydrogen) atoms. The highest BCUT2D eigenvalue weighted by Crippen LogP contribution is 2.53. The number of ether oxygens (including phenoxy) is 2. The Morgan fingerprint density at radius 3 is 2.55 bits per heavy atom. The third-order valence-electron chi connectivity index (χ3n) is 4.72. The van der Waals surface area contributed by atoms with Crippen LogP contribution in [0.1, 0.15) is 25.8 Å². The summed E-state index contributed by atoms with van der Waals surface area (Å²) in [5, 5.41) is 0. The number of esters is 1. The maximum Gasteiger partial charge on any atom is 0.326 e. The number of rotatable bonds is 5. The van der Waals surface area contributed by atoms with E-state index in [1.54, 1.807) is 0 Å². The van der Waals surface area contributed by atoms with Gasteiger partial charge in [-0.15, -0.1) is 0 Å². The van der Waals surface area contributed by atoms with E-state index in [0.717, 1.165) is 5.56 Å². The number of hydrogen-bond donors (Lipinski definition) is 1. The van der Waals surface area contributed by atoms with Crippen molar-refractivity contribution < 1.29 is 14.3 Å². The predicted molar refractivity (Wildman–Crippen MR) is 76.9 cm³/mol. The van der Waals surface area contributed by atoms with Gasteiger partial charge in [0, 0.05) is 0 Å².